The summed E-state index contributed by atoms with van der Waals surface area (Å²) in [7, 11) is -4.05. The van der Waals surface area contributed by atoms with Crippen molar-refractivity contribution in [2.24, 2.45) is 5.73 Å². The topological polar surface area (TPSA) is 107 Å². The van der Waals surface area contributed by atoms with Gasteiger partial charge in [-0.05, 0) is 41.7 Å². The molecule has 0 aliphatic carbocycles. The minimum absolute atomic E-state index is 0.129. The van der Waals surface area contributed by atoms with Gasteiger partial charge in [-0.15, -0.1) is 6.42 Å². The number of sulfonamides is 1. The Bertz CT molecular complexity index is 991. The van der Waals surface area contributed by atoms with Crippen molar-refractivity contribution in [1.82, 2.24) is 4.31 Å². The third-order valence-corrected chi connectivity index (χ3v) is 6.33. The van der Waals surface area contributed by atoms with E-state index in [1.165, 1.54) is 23.8 Å². The highest BCUT2D eigenvalue weighted by Gasteiger charge is 2.27. The van der Waals surface area contributed by atoms with Crippen LogP contribution in [-0.2, 0) is 16.4 Å². The van der Waals surface area contributed by atoms with Gasteiger partial charge in [-0.25, -0.2) is 8.42 Å². The average Bonchev–Trinajstić information content (AvgIpc) is 2.65. The predicted molar refractivity (Wildman–Crippen MR) is 111 cm³/mol. The molecule has 0 atom stereocenters. The van der Waals surface area contributed by atoms with Crippen molar-refractivity contribution in [3.8, 4) is 18.1 Å². The molecule has 0 spiro atoms. The third kappa shape index (κ3) is 4.91. The summed E-state index contributed by atoms with van der Waals surface area (Å²) < 4.78 is 27.2. The van der Waals surface area contributed by atoms with Crippen molar-refractivity contribution in [2.45, 2.75) is 31.1 Å². The van der Waals surface area contributed by atoms with Crippen molar-refractivity contribution in [1.29, 1.82) is 5.41 Å². The number of nitrogens with two attached hydrogens (primary N) is 1. The van der Waals surface area contributed by atoms with E-state index in [4.69, 9.17) is 17.6 Å². The van der Waals surface area contributed by atoms with E-state index in [1.54, 1.807) is 0 Å². The molecule has 148 valence electrons. The highest BCUT2D eigenvalue weighted by Crippen LogP contribution is 2.27. The minimum Gasteiger partial charge on any atom is -0.507 e. The molecule has 7 heteroatoms. The van der Waals surface area contributed by atoms with Gasteiger partial charge >= 0.3 is 0 Å². The molecule has 2 aromatic rings. The van der Waals surface area contributed by atoms with Gasteiger partial charge in [0.05, 0.1) is 6.54 Å². The molecule has 0 saturated carbocycles. The molecular formula is C21H25N3O3S. The van der Waals surface area contributed by atoms with Crippen LogP contribution in [0.1, 0.15) is 36.5 Å². The van der Waals surface area contributed by atoms with Crippen LogP contribution in [0.3, 0.4) is 0 Å². The largest absolute Gasteiger partial charge is 0.507 e. The van der Waals surface area contributed by atoms with Crippen LogP contribution in [0.5, 0.6) is 5.75 Å². The van der Waals surface area contributed by atoms with E-state index in [1.807, 2.05) is 24.3 Å². The lowest BCUT2D eigenvalue weighted by molar-refractivity contribution is 0.431. The summed E-state index contributed by atoms with van der Waals surface area (Å²) in [6.45, 7) is 4.25. The van der Waals surface area contributed by atoms with E-state index in [0.29, 0.717) is 12.3 Å². The summed E-state index contributed by atoms with van der Waals surface area (Å²) >= 11 is 0. The Balaban J connectivity index is 2.28. The maximum absolute atomic E-state index is 13.0. The van der Waals surface area contributed by atoms with E-state index in [-0.39, 0.29) is 29.4 Å². The third-order valence-electron chi connectivity index (χ3n) is 4.45. The number of aromatic hydroxyl groups is 1. The number of nitrogens with one attached hydrogen (secondary N) is 1. The molecule has 2 aromatic carbocycles. The molecule has 0 aliphatic heterocycles. The van der Waals surface area contributed by atoms with E-state index in [0.717, 1.165) is 9.87 Å². The molecule has 0 bridgehead atoms. The zero-order chi connectivity index (χ0) is 20.9. The molecule has 0 aliphatic rings. The first-order valence-corrected chi connectivity index (χ1v) is 10.3. The summed E-state index contributed by atoms with van der Waals surface area (Å²) in [5, 5.41) is 17.6. The summed E-state index contributed by atoms with van der Waals surface area (Å²) in [5.74, 6) is 2.08. The number of phenols is 1. The Morgan fingerprint density at radius 3 is 2.43 bits per heavy atom. The lowest BCUT2D eigenvalue weighted by Crippen LogP contribution is -2.33. The number of hydrogen-bond acceptors (Lipinski definition) is 4. The smallest absolute Gasteiger partial charge is 0.247 e. The van der Waals surface area contributed by atoms with E-state index in [2.05, 4.69) is 19.8 Å². The SMILES string of the molecule is C#CCN(CCc1ccc(C(C)C)cc1)S(=O)(=O)c1cc(C(=N)N)ccc1O. The second kappa shape index (κ2) is 8.91. The summed E-state index contributed by atoms with van der Waals surface area (Å²) in [6, 6.07) is 11.8. The highest BCUT2D eigenvalue weighted by molar-refractivity contribution is 7.89. The summed E-state index contributed by atoms with van der Waals surface area (Å²) in [5.41, 5.74) is 7.85. The maximum atomic E-state index is 13.0. The van der Waals surface area contributed by atoms with Crippen molar-refractivity contribution in [3.05, 3.63) is 59.2 Å². The number of nitrogens with zero attached hydrogens (tertiary/aromatic N) is 1. The molecule has 4 N–H and O–H groups in total. The summed E-state index contributed by atoms with van der Waals surface area (Å²) in [4.78, 5) is -0.314. The zero-order valence-corrected chi connectivity index (χ0v) is 16.8. The first kappa shape index (κ1) is 21.5. The molecule has 6 nitrogen and oxygen atoms in total. The van der Waals surface area contributed by atoms with Crippen LogP contribution in [0.25, 0.3) is 0 Å². The van der Waals surface area contributed by atoms with Gasteiger partial charge in [-0.2, -0.15) is 4.31 Å². The molecule has 0 fully saturated rings. The van der Waals surface area contributed by atoms with Crippen molar-refractivity contribution in [2.75, 3.05) is 13.1 Å². The number of benzene rings is 2. The number of nitrogen functional groups attached to an aromatic ring is 1. The fraction of sp³-hybridized carbons (Fsp3) is 0.286. The Kier molecular flexibility index (Phi) is 6.84. The van der Waals surface area contributed by atoms with Crippen LogP contribution in [0.15, 0.2) is 47.4 Å². The molecular weight excluding hydrogens is 374 g/mol. The number of terminal acetylenes is 1. The van der Waals surface area contributed by atoms with Gasteiger partial charge in [-0.3, -0.25) is 5.41 Å². The van der Waals surface area contributed by atoms with Crippen molar-refractivity contribution >= 4 is 15.9 Å². The monoisotopic (exact) mass is 399 g/mol. The van der Waals surface area contributed by atoms with Crippen molar-refractivity contribution in [3.63, 3.8) is 0 Å². The highest BCUT2D eigenvalue weighted by atomic mass is 32.2. The van der Waals surface area contributed by atoms with Gasteiger partial charge in [0.1, 0.15) is 16.5 Å². The Morgan fingerprint density at radius 2 is 1.89 bits per heavy atom. The van der Waals surface area contributed by atoms with Gasteiger partial charge < -0.3 is 10.8 Å². The maximum Gasteiger partial charge on any atom is 0.247 e. The van der Waals surface area contributed by atoms with Gasteiger partial charge in [0.25, 0.3) is 0 Å². The first-order chi connectivity index (χ1) is 13.2. The molecule has 0 amide bonds. The van der Waals surface area contributed by atoms with Crippen LogP contribution in [0.2, 0.25) is 0 Å². The Hall–Kier alpha value is -2.82. The van der Waals surface area contributed by atoms with Gasteiger partial charge in [-0.1, -0.05) is 44.0 Å². The Morgan fingerprint density at radius 1 is 1.25 bits per heavy atom. The van der Waals surface area contributed by atoms with Crippen molar-refractivity contribution < 1.29 is 13.5 Å². The molecule has 2 rings (SSSR count). The molecule has 0 aromatic heterocycles. The van der Waals surface area contributed by atoms with E-state index >= 15 is 0 Å². The standard InChI is InChI=1S/C21H25N3O3S/c1-4-12-24(13-11-16-5-7-17(8-6-16)15(2)3)28(26,27)20-14-18(21(22)23)9-10-19(20)25/h1,5-10,14-15,25H,11-13H2,2-3H3,(H3,22,23). The number of phenolic OH excluding ortho intramolecular Hbond substituents is 1. The van der Waals surface area contributed by atoms with Gasteiger partial charge in [0, 0.05) is 12.1 Å². The quantitative estimate of drug-likeness (QED) is 0.360. The molecule has 0 saturated heterocycles. The molecule has 28 heavy (non-hydrogen) atoms. The number of hydrogen-bond donors (Lipinski definition) is 3. The van der Waals surface area contributed by atoms with E-state index in [9.17, 15) is 13.5 Å². The molecule has 0 unspecified atom stereocenters. The molecule has 0 radical (unpaired) electrons. The Labute approximate surface area is 166 Å². The van der Waals surface area contributed by atoms with Crippen LogP contribution in [0.4, 0.5) is 0 Å². The number of rotatable bonds is 8. The number of amidine groups is 1. The lowest BCUT2D eigenvalue weighted by atomic mass is 10.0. The fourth-order valence-corrected chi connectivity index (χ4v) is 4.20. The van der Waals surface area contributed by atoms with Gasteiger partial charge in [0.15, 0.2) is 0 Å². The predicted octanol–water partition coefficient (Wildman–Crippen LogP) is 2.67. The van der Waals surface area contributed by atoms with Crippen LogP contribution in [0, 0.1) is 17.8 Å². The van der Waals surface area contributed by atoms with Crippen LogP contribution in [-0.4, -0.2) is 36.8 Å². The fourth-order valence-electron chi connectivity index (χ4n) is 2.74. The van der Waals surface area contributed by atoms with Crippen LogP contribution >= 0.6 is 0 Å². The average molecular weight is 400 g/mol. The normalized spacial score (nSPS) is 11.5. The first-order valence-electron chi connectivity index (χ1n) is 8.86. The lowest BCUT2D eigenvalue weighted by Gasteiger charge is -2.21. The van der Waals surface area contributed by atoms with Crippen LogP contribution < -0.4 is 5.73 Å². The second-order valence-corrected chi connectivity index (χ2v) is 8.69. The zero-order valence-electron chi connectivity index (χ0n) is 16.0. The van der Waals surface area contributed by atoms with Gasteiger partial charge in [0.2, 0.25) is 10.0 Å². The minimum atomic E-state index is -4.05. The molecule has 0 heterocycles. The van der Waals surface area contributed by atoms with E-state index < -0.39 is 15.8 Å². The second-order valence-electron chi connectivity index (χ2n) is 6.79. The summed E-state index contributed by atoms with van der Waals surface area (Å²) in [6.07, 6.45) is 5.85.